The van der Waals surface area contributed by atoms with E-state index in [9.17, 15) is 14.4 Å². The second-order valence-corrected chi connectivity index (χ2v) is 5.70. The summed E-state index contributed by atoms with van der Waals surface area (Å²) in [6, 6.07) is 6.24. The Morgan fingerprint density at radius 3 is 2.35 bits per heavy atom. The summed E-state index contributed by atoms with van der Waals surface area (Å²) in [6.07, 6.45) is 1.55. The maximum Gasteiger partial charge on any atom is 0.277 e. The van der Waals surface area contributed by atoms with Gasteiger partial charge in [0.05, 0.1) is 7.11 Å². The maximum atomic E-state index is 12.6. The number of methoxy groups -OCH3 is 1. The van der Waals surface area contributed by atoms with Gasteiger partial charge in [0.25, 0.3) is 5.91 Å². The van der Waals surface area contributed by atoms with Crippen molar-refractivity contribution in [3.8, 4) is 5.75 Å². The fraction of sp³-hybridized carbons (Fsp3) is 0.353. The van der Waals surface area contributed by atoms with Crippen LogP contribution in [0.4, 0.5) is 0 Å². The van der Waals surface area contributed by atoms with Gasteiger partial charge in [0.2, 0.25) is 11.8 Å². The number of carbonyl (C=O) groups excluding carboxylic acids is 3. The van der Waals surface area contributed by atoms with Crippen molar-refractivity contribution in [1.29, 1.82) is 0 Å². The van der Waals surface area contributed by atoms with Crippen LogP contribution >= 0.6 is 0 Å². The molecule has 6 heteroatoms. The maximum absolute atomic E-state index is 12.6. The van der Waals surface area contributed by atoms with E-state index in [4.69, 9.17) is 4.74 Å². The van der Waals surface area contributed by atoms with Crippen LogP contribution in [0.1, 0.15) is 26.3 Å². The Labute approximate surface area is 135 Å². The summed E-state index contributed by atoms with van der Waals surface area (Å²) in [5, 5.41) is 2.61. The molecule has 1 aliphatic rings. The molecule has 0 saturated carbocycles. The van der Waals surface area contributed by atoms with E-state index in [-0.39, 0.29) is 17.5 Å². The number of carbonyl (C=O) groups is 3. The first-order valence-corrected chi connectivity index (χ1v) is 7.36. The van der Waals surface area contributed by atoms with Gasteiger partial charge in [0.1, 0.15) is 17.5 Å². The molecule has 0 aliphatic carbocycles. The SMILES string of the molecule is COc1ccc(/C=C2/NC(=O)[C@H](C(C)C)N(C(C)=O)C2=O)cc1. The Hall–Kier alpha value is -2.63. The number of benzene rings is 1. The molecule has 1 aromatic carbocycles. The molecule has 1 saturated heterocycles. The second-order valence-electron chi connectivity index (χ2n) is 5.70. The summed E-state index contributed by atoms with van der Waals surface area (Å²) >= 11 is 0. The van der Waals surface area contributed by atoms with E-state index in [1.807, 2.05) is 0 Å². The molecule has 6 nitrogen and oxygen atoms in total. The van der Waals surface area contributed by atoms with Crippen molar-refractivity contribution >= 4 is 23.8 Å². The molecule has 2 rings (SSSR count). The standard InChI is InChI=1S/C17H20N2O4/c1-10(2)15-16(21)18-14(17(22)19(15)11(3)20)9-12-5-7-13(23-4)8-6-12/h5-10,15H,1-4H3,(H,18,21)/b14-9+/t15-/m0/s1. The zero-order chi connectivity index (χ0) is 17.1. The largest absolute Gasteiger partial charge is 0.497 e. The monoisotopic (exact) mass is 316 g/mol. The van der Waals surface area contributed by atoms with Crippen LogP contribution in [0.3, 0.4) is 0 Å². The number of nitrogens with one attached hydrogen (secondary N) is 1. The van der Waals surface area contributed by atoms with Crippen molar-refractivity contribution < 1.29 is 19.1 Å². The molecule has 3 amide bonds. The third kappa shape index (κ3) is 3.41. The number of rotatable bonds is 3. The number of piperazine rings is 1. The molecule has 1 atom stereocenters. The van der Waals surface area contributed by atoms with Crippen molar-refractivity contribution in [3.63, 3.8) is 0 Å². The van der Waals surface area contributed by atoms with Crippen molar-refractivity contribution in [2.45, 2.75) is 26.8 Å². The van der Waals surface area contributed by atoms with Crippen LogP contribution in [0.5, 0.6) is 5.75 Å². The van der Waals surface area contributed by atoms with Crippen LogP contribution < -0.4 is 10.1 Å². The van der Waals surface area contributed by atoms with Gasteiger partial charge in [-0.1, -0.05) is 26.0 Å². The normalized spacial score (nSPS) is 20.0. The van der Waals surface area contributed by atoms with Crippen molar-refractivity contribution in [2.24, 2.45) is 5.92 Å². The number of hydrogen-bond donors (Lipinski definition) is 1. The van der Waals surface area contributed by atoms with E-state index in [1.54, 1.807) is 51.3 Å². The van der Waals surface area contributed by atoms with E-state index < -0.39 is 17.9 Å². The van der Waals surface area contributed by atoms with Gasteiger partial charge in [-0.15, -0.1) is 0 Å². The van der Waals surface area contributed by atoms with E-state index >= 15 is 0 Å². The number of ether oxygens (including phenoxy) is 1. The minimum atomic E-state index is -0.784. The third-order valence-electron chi connectivity index (χ3n) is 3.65. The van der Waals surface area contributed by atoms with E-state index in [2.05, 4.69) is 5.32 Å². The zero-order valence-electron chi connectivity index (χ0n) is 13.6. The first-order valence-electron chi connectivity index (χ1n) is 7.36. The molecular formula is C17H20N2O4. The summed E-state index contributed by atoms with van der Waals surface area (Å²) in [7, 11) is 1.56. The molecule has 1 heterocycles. The number of nitrogens with zero attached hydrogens (tertiary/aromatic N) is 1. The zero-order valence-corrected chi connectivity index (χ0v) is 13.6. The highest BCUT2D eigenvalue weighted by molar-refractivity contribution is 6.13. The molecule has 122 valence electrons. The Bertz CT molecular complexity index is 662. The average molecular weight is 316 g/mol. The van der Waals surface area contributed by atoms with Gasteiger partial charge in [-0.05, 0) is 29.7 Å². The topological polar surface area (TPSA) is 75.7 Å². The smallest absolute Gasteiger partial charge is 0.277 e. The van der Waals surface area contributed by atoms with E-state index in [0.29, 0.717) is 5.75 Å². The molecule has 1 fully saturated rings. The molecule has 1 aliphatic heterocycles. The highest BCUT2D eigenvalue weighted by Crippen LogP contribution is 2.21. The molecule has 23 heavy (non-hydrogen) atoms. The number of hydrogen-bond acceptors (Lipinski definition) is 4. The first-order chi connectivity index (χ1) is 10.8. The highest BCUT2D eigenvalue weighted by Gasteiger charge is 2.41. The number of imide groups is 1. The second kappa shape index (κ2) is 6.64. The fourth-order valence-corrected chi connectivity index (χ4v) is 2.54. The Kier molecular flexibility index (Phi) is 4.83. The molecule has 0 spiro atoms. The van der Waals surface area contributed by atoms with E-state index in [1.165, 1.54) is 6.92 Å². The predicted molar refractivity (Wildman–Crippen MR) is 85.3 cm³/mol. The van der Waals surface area contributed by atoms with Crippen molar-refractivity contribution in [3.05, 3.63) is 35.5 Å². The molecular weight excluding hydrogens is 296 g/mol. The molecule has 1 N–H and O–H groups in total. The highest BCUT2D eigenvalue weighted by atomic mass is 16.5. The number of amides is 3. The summed E-state index contributed by atoms with van der Waals surface area (Å²) in [5.41, 5.74) is 0.813. The lowest BCUT2D eigenvalue weighted by atomic mass is 9.98. The summed E-state index contributed by atoms with van der Waals surface area (Å²) in [4.78, 5) is 37.7. The lowest BCUT2D eigenvalue weighted by Crippen LogP contribution is -2.60. The summed E-state index contributed by atoms with van der Waals surface area (Å²) in [6.45, 7) is 4.88. The Morgan fingerprint density at radius 1 is 1.26 bits per heavy atom. The fourth-order valence-electron chi connectivity index (χ4n) is 2.54. The minimum Gasteiger partial charge on any atom is -0.497 e. The average Bonchev–Trinajstić information content (AvgIpc) is 2.50. The van der Waals surface area contributed by atoms with Crippen LogP contribution in [0.2, 0.25) is 0 Å². The lowest BCUT2D eigenvalue weighted by Gasteiger charge is -2.35. The van der Waals surface area contributed by atoms with E-state index in [0.717, 1.165) is 10.5 Å². The van der Waals surface area contributed by atoms with Crippen molar-refractivity contribution in [1.82, 2.24) is 10.2 Å². The van der Waals surface area contributed by atoms with Crippen LogP contribution in [-0.4, -0.2) is 35.8 Å². The Balaban J connectivity index is 2.36. The van der Waals surface area contributed by atoms with Gasteiger partial charge in [0, 0.05) is 6.92 Å². The van der Waals surface area contributed by atoms with Crippen LogP contribution in [0, 0.1) is 5.92 Å². The molecule has 0 aromatic heterocycles. The van der Waals surface area contributed by atoms with Crippen LogP contribution in [0.15, 0.2) is 30.0 Å². The molecule has 0 radical (unpaired) electrons. The summed E-state index contributed by atoms with van der Waals surface area (Å²) in [5.74, 6) is -0.757. The Morgan fingerprint density at radius 2 is 1.87 bits per heavy atom. The predicted octanol–water partition coefficient (Wildman–Crippen LogP) is 1.57. The lowest BCUT2D eigenvalue weighted by molar-refractivity contribution is -0.153. The minimum absolute atomic E-state index is 0.0901. The molecule has 0 bridgehead atoms. The quantitative estimate of drug-likeness (QED) is 0.859. The van der Waals surface area contributed by atoms with Gasteiger partial charge >= 0.3 is 0 Å². The van der Waals surface area contributed by atoms with Gasteiger partial charge in [-0.3, -0.25) is 19.3 Å². The van der Waals surface area contributed by atoms with Gasteiger partial charge < -0.3 is 10.1 Å². The van der Waals surface area contributed by atoms with Gasteiger partial charge in [-0.25, -0.2) is 0 Å². The van der Waals surface area contributed by atoms with Crippen LogP contribution in [0.25, 0.3) is 6.08 Å². The van der Waals surface area contributed by atoms with Gasteiger partial charge in [-0.2, -0.15) is 0 Å². The van der Waals surface area contributed by atoms with Crippen molar-refractivity contribution in [2.75, 3.05) is 7.11 Å². The van der Waals surface area contributed by atoms with Gasteiger partial charge in [0.15, 0.2) is 0 Å². The third-order valence-corrected chi connectivity index (χ3v) is 3.65. The summed E-state index contributed by atoms with van der Waals surface area (Å²) < 4.78 is 5.08. The molecule has 1 aromatic rings. The van der Waals surface area contributed by atoms with Crippen LogP contribution in [-0.2, 0) is 14.4 Å². The first kappa shape index (κ1) is 16.7. The molecule has 0 unspecified atom stereocenters.